The first-order valence-electron chi connectivity index (χ1n) is 9.01. The molecule has 0 unspecified atom stereocenters. The molecular weight excluding hydrogens is 368 g/mol. The van der Waals surface area contributed by atoms with Gasteiger partial charge in [0, 0.05) is 24.8 Å². The predicted molar refractivity (Wildman–Crippen MR) is 112 cm³/mol. The van der Waals surface area contributed by atoms with E-state index in [0.29, 0.717) is 5.75 Å². The zero-order valence-corrected chi connectivity index (χ0v) is 16.3. The van der Waals surface area contributed by atoms with Crippen LogP contribution in [0, 0.1) is 0 Å². The highest BCUT2D eigenvalue weighted by Crippen LogP contribution is 2.22. The lowest BCUT2D eigenvalue weighted by Crippen LogP contribution is -2.32. The normalized spacial score (nSPS) is 12.0. The van der Waals surface area contributed by atoms with Gasteiger partial charge in [-0.3, -0.25) is 4.79 Å². The summed E-state index contributed by atoms with van der Waals surface area (Å²) in [5, 5.41) is 5.04. The van der Waals surface area contributed by atoms with Crippen molar-refractivity contribution in [2.45, 2.75) is 11.1 Å². The van der Waals surface area contributed by atoms with Gasteiger partial charge in [0.15, 0.2) is 0 Å². The van der Waals surface area contributed by atoms with Crippen molar-refractivity contribution in [2.24, 2.45) is 7.05 Å². The lowest BCUT2D eigenvalue weighted by atomic mass is 10.1. The Morgan fingerprint density at radius 2 is 1.86 bits per heavy atom. The largest absolute Gasteiger partial charge is 0.341 e. The number of para-hydroxylation sites is 1. The Kier molecular flexibility index (Phi) is 5.39. The Labute approximate surface area is 167 Å². The molecule has 0 bridgehead atoms. The SMILES string of the molecule is Cn1ccnc1[C@H](NC(=O)CSc1ccc2ccccc2n1)c1ccccc1. The molecule has 0 radical (unpaired) electrons. The van der Waals surface area contributed by atoms with Gasteiger partial charge in [-0.25, -0.2) is 9.97 Å². The van der Waals surface area contributed by atoms with Crippen LogP contribution in [0.2, 0.25) is 0 Å². The summed E-state index contributed by atoms with van der Waals surface area (Å²) < 4.78 is 1.93. The monoisotopic (exact) mass is 388 g/mol. The molecule has 28 heavy (non-hydrogen) atoms. The molecule has 0 spiro atoms. The average molecular weight is 388 g/mol. The van der Waals surface area contributed by atoms with Crippen molar-refractivity contribution in [2.75, 3.05) is 5.75 Å². The summed E-state index contributed by atoms with van der Waals surface area (Å²) in [7, 11) is 1.93. The number of pyridine rings is 1. The molecule has 1 N–H and O–H groups in total. The molecule has 6 heteroatoms. The fourth-order valence-corrected chi connectivity index (χ4v) is 3.76. The molecule has 0 saturated carbocycles. The molecule has 0 aliphatic rings. The van der Waals surface area contributed by atoms with Crippen LogP contribution in [0.25, 0.3) is 10.9 Å². The highest BCUT2D eigenvalue weighted by Gasteiger charge is 2.20. The van der Waals surface area contributed by atoms with Crippen molar-refractivity contribution in [1.29, 1.82) is 0 Å². The molecule has 0 fully saturated rings. The van der Waals surface area contributed by atoms with E-state index in [0.717, 1.165) is 27.3 Å². The number of carbonyl (C=O) groups excluding carboxylic acids is 1. The highest BCUT2D eigenvalue weighted by atomic mass is 32.2. The Morgan fingerprint density at radius 1 is 1.07 bits per heavy atom. The third kappa shape index (κ3) is 4.07. The van der Waals surface area contributed by atoms with Gasteiger partial charge in [0.1, 0.15) is 11.9 Å². The van der Waals surface area contributed by atoms with Gasteiger partial charge < -0.3 is 9.88 Å². The second-order valence-corrected chi connectivity index (χ2v) is 7.43. The molecule has 4 rings (SSSR count). The van der Waals surface area contributed by atoms with Crippen LogP contribution >= 0.6 is 11.8 Å². The second-order valence-electron chi connectivity index (χ2n) is 6.44. The van der Waals surface area contributed by atoms with E-state index in [1.807, 2.05) is 84.5 Å². The van der Waals surface area contributed by atoms with Gasteiger partial charge >= 0.3 is 0 Å². The number of aryl methyl sites for hydroxylation is 1. The minimum Gasteiger partial charge on any atom is -0.341 e. The third-order valence-corrected chi connectivity index (χ3v) is 5.41. The van der Waals surface area contributed by atoms with Gasteiger partial charge in [-0.15, -0.1) is 0 Å². The maximum absolute atomic E-state index is 12.7. The minimum atomic E-state index is -0.293. The number of imidazole rings is 1. The molecule has 1 atom stereocenters. The number of benzene rings is 2. The van der Waals surface area contributed by atoms with E-state index < -0.39 is 0 Å². The summed E-state index contributed by atoms with van der Waals surface area (Å²) in [6, 6.07) is 21.5. The number of rotatable bonds is 6. The van der Waals surface area contributed by atoms with Crippen molar-refractivity contribution < 1.29 is 4.79 Å². The van der Waals surface area contributed by atoms with Gasteiger partial charge in [0.25, 0.3) is 0 Å². The summed E-state index contributed by atoms with van der Waals surface area (Å²) in [4.78, 5) is 21.7. The Bertz CT molecular complexity index is 1090. The van der Waals surface area contributed by atoms with E-state index in [2.05, 4.69) is 15.3 Å². The number of nitrogens with one attached hydrogen (secondary N) is 1. The summed E-state index contributed by atoms with van der Waals surface area (Å²) in [5.41, 5.74) is 1.93. The molecule has 5 nitrogen and oxygen atoms in total. The van der Waals surface area contributed by atoms with E-state index in [9.17, 15) is 4.79 Å². The zero-order valence-electron chi connectivity index (χ0n) is 15.4. The van der Waals surface area contributed by atoms with Crippen molar-refractivity contribution in [3.63, 3.8) is 0 Å². The second kappa shape index (κ2) is 8.27. The maximum atomic E-state index is 12.7. The first kappa shape index (κ1) is 18.3. The fourth-order valence-electron chi connectivity index (χ4n) is 3.07. The Balaban J connectivity index is 1.47. The number of thioether (sulfide) groups is 1. The van der Waals surface area contributed by atoms with Crippen LogP contribution in [0.5, 0.6) is 0 Å². The van der Waals surface area contributed by atoms with Gasteiger partial charge in [0.2, 0.25) is 5.91 Å². The van der Waals surface area contributed by atoms with Crippen LogP contribution in [-0.2, 0) is 11.8 Å². The fraction of sp³-hybridized carbons (Fsp3) is 0.136. The first-order valence-corrected chi connectivity index (χ1v) is 9.99. The number of hydrogen-bond acceptors (Lipinski definition) is 4. The van der Waals surface area contributed by atoms with Crippen molar-refractivity contribution in [3.8, 4) is 0 Å². The van der Waals surface area contributed by atoms with Gasteiger partial charge in [0.05, 0.1) is 16.3 Å². The maximum Gasteiger partial charge on any atom is 0.231 e. The van der Waals surface area contributed by atoms with Gasteiger partial charge in [-0.1, -0.05) is 66.4 Å². The Morgan fingerprint density at radius 3 is 2.64 bits per heavy atom. The van der Waals surface area contributed by atoms with E-state index >= 15 is 0 Å². The molecular formula is C22H20N4OS. The first-order chi connectivity index (χ1) is 13.7. The number of nitrogens with zero attached hydrogens (tertiary/aromatic N) is 3. The molecule has 0 aliphatic heterocycles. The number of carbonyl (C=O) groups is 1. The summed E-state index contributed by atoms with van der Waals surface area (Å²) in [6.07, 6.45) is 3.62. The zero-order chi connectivity index (χ0) is 19.3. The lowest BCUT2D eigenvalue weighted by molar-refractivity contribution is -0.119. The molecule has 2 aromatic heterocycles. The smallest absolute Gasteiger partial charge is 0.231 e. The van der Waals surface area contributed by atoms with Gasteiger partial charge in [-0.2, -0.15) is 0 Å². The minimum absolute atomic E-state index is 0.0585. The third-order valence-electron chi connectivity index (χ3n) is 4.48. The molecule has 140 valence electrons. The van der Waals surface area contributed by atoms with Crippen molar-refractivity contribution in [3.05, 3.63) is 90.5 Å². The number of fused-ring (bicyclic) bond motifs is 1. The topological polar surface area (TPSA) is 59.8 Å². The number of amides is 1. The van der Waals surface area contributed by atoms with Crippen LogP contribution in [0.3, 0.4) is 0 Å². The van der Waals surface area contributed by atoms with Crippen molar-refractivity contribution in [1.82, 2.24) is 19.9 Å². The highest BCUT2D eigenvalue weighted by molar-refractivity contribution is 7.99. The summed E-state index contributed by atoms with van der Waals surface area (Å²) in [6.45, 7) is 0. The van der Waals surface area contributed by atoms with Crippen LogP contribution < -0.4 is 5.32 Å². The lowest BCUT2D eigenvalue weighted by Gasteiger charge is -2.19. The summed E-state index contributed by atoms with van der Waals surface area (Å²) >= 11 is 1.43. The molecule has 0 aliphatic carbocycles. The van der Waals surface area contributed by atoms with Crippen LogP contribution in [0.15, 0.2) is 84.1 Å². The molecule has 4 aromatic rings. The average Bonchev–Trinajstić information content (AvgIpc) is 3.16. The van der Waals surface area contributed by atoms with Gasteiger partial charge in [-0.05, 0) is 17.7 Å². The predicted octanol–water partition coefficient (Wildman–Crippen LogP) is 3.97. The van der Waals surface area contributed by atoms with E-state index in [-0.39, 0.29) is 11.9 Å². The number of hydrogen-bond donors (Lipinski definition) is 1. The van der Waals surface area contributed by atoms with E-state index in [1.165, 1.54) is 11.8 Å². The number of aromatic nitrogens is 3. The van der Waals surface area contributed by atoms with Crippen molar-refractivity contribution >= 4 is 28.6 Å². The van der Waals surface area contributed by atoms with E-state index in [1.54, 1.807) is 6.20 Å². The molecule has 2 heterocycles. The molecule has 1 amide bonds. The van der Waals surface area contributed by atoms with Crippen LogP contribution in [-0.4, -0.2) is 26.2 Å². The standard InChI is InChI=1S/C22H20N4OS/c1-26-14-13-23-22(26)21(17-8-3-2-4-9-17)25-19(27)15-28-20-12-11-16-7-5-6-10-18(16)24-20/h2-14,21H,15H2,1H3,(H,25,27)/t21-/m1/s1. The summed E-state index contributed by atoms with van der Waals surface area (Å²) in [5.74, 6) is 1.03. The van der Waals surface area contributed by atoms with Crippen LogP contribution in [0.1, 0.15) is 17.4 Å². The quantitative estimate of drug-likeness (QED) is 0.508. The van der Waals surface area contributed by atoms with E-state index in [4.69, 9.17) is 0 Å². The Hall–Kier alpha value is -3.12. The molecule has 2 aromatic carbocycles. The molecule has 0 saturated heterocycles. The van der Waals surface area contributed by atoms with Crippen LogP contribution in [0.4, 0.5) is 0 Å².